The number of carbonyl (C=O) groups is 2. The third-order valence-corrected chi connectivity index (χ3v) is 5.78. The van der Waals surface area contributed by atoms with Crippen molar-refractivity contribution in [1.82, 2.24) is 10.2 Å². The lowest BCUT2D eigenvalue weighted by atomic mass is 10.2. The summed E-state index contributed by atoms with van der Waals surface area (Å²) in [5.41, 5.74) is 0. The molecule has 3 atom stereocenters. The molecule has 2 amide bonds. The molecule has 5 nitrogen and oxygen atoms in total. The van der Waals surface area contributed by atoms with Crippen molar-refractivity contribution in [2.75, 3.05) is 18.9 Å². The Morgan fingerprint density at radius 3 is 3.21 bits per heavy atom. The Balaban J connectivity index is 1.59. The van der Waals surface area contributed by atoms with E-state index in [1.165, 1.54) is 0 Å². The number of hydrogen-bond acceptors (Lipinski definition) is 4. The topological polar surface area (TPSA) is 58.6 Å². The Morgan fingerprint density at radius 2 is 2.47 bits per heavy atom. The minimum atomic E-state index is -0.300. The molecule has 0 aliphatic carbocycles. The van der Waals surface area contributed by atoms with E-state index in [1.807, 2.05) is 0 Å². The number of thioether (sulfide) groups is 1. The van der Waals surface area contributed by atoms with Gasteiger partial charge < -0.3 is 15.0 Å². The summed E-state index contributed by atoms with van der Waals surface area (Å²) in [5.74, 6) is 0.798. The minimum absolute atomic E-state index is 0.0259. The van der Waals surface area contributed by atoms with E-state index in [0.29, 0.717) is 18.7 Å². The second-order valence-electron chi connectivity index (χ2n) is 5.65. The summed E-state index contributed by atoms with van der Waals surface area (Å²) in [6.07, 6.45) is 3.66. The minimum Gasteiger partial charge on any atom is -0.376 e. The lowest BCUT2D eigenvalue weighted by molar-refractivity contribution is -0.138. The van der Waals surface area contributed by atoms with E-state index >= 15 is 0 Å². The predicted octanol–water partition coefficient (Wildman–Crippen LogP) is 0.736. The van der Waals surface area contributed by atoms with Crippen LogP contribution in [0.4, 0.5) is 0 Å². The zero-order valence-electron chi connectivity index (χ0n) is 11.2. The standard InChI is InChI=1S/C13H20N2O3S/c1-13-5-4-11(16)15(13)10(8-19-13)12(17)14-7-9-3-2-6-18-9/h9-10H,2-8H2,1H3,(H,14,17)/t9-,10-,13+/m0/s1. The highest BCUT2D eigenvalue weighted by Gasteiger charge is 2.52. The van der Waals surface area contributed by atoms with Crippen LogP contribution in [0.3, 0.4) is 0 Å². The average molecular weight is 284 g/mol. The lowest BCUT2D eigenvalue weighted by Gasteiger charge is -2.30. The van der Waals surface area contributed by atoms with Crippen molar-refractivity contribution >= 4 is 23.6 Å². The Labute approximate surface area is 117 Å². The Morgan fingerprint density at radius 1 is 1.63 bits per heavy atom. The molecular formula is C13H20N2O3S. The number of fused-ring (bicyclic) bond motifs is 1. The van der Waals surface area contributed by atoms with Gasteiger partial charge in [-0.05, 0) is 26.2 Å². The van der Waals surface area contributed by atoms with Gasteiger partial charge in [0.05, 0.1) is 11.0 Å². The van der Waals surface area contributed by atoms with E-state index < -0.39 is 0 Å². The van der Waals surface area contributed by atoms with Crippen LogP contribution in [0.15, 0.2) is 0 Å². The number of ether oxygens (including phenoxy) is 1. The van der Waals surface area contributed by atoms with Gasteiger partial charge in [-0.25, -0.2) is 0 Å². The summed E-state index contributed by atoms with van der Waals surface area (Å²) in [7, 11) is 0. The molecule has 3 aliphatic heterocycles. The second kappa shape index (κ2) is 4.98. The molecule has 3 saturated heterocycles. The van der Waals surface area contributed by atoms with Gasteiger partial charge in [-0.2, -0.15) is 0 Å². The molecule has 106 valence electrons. The van der Waals surface area contributed by atoms with E-state index in [1.54, 1.807) is 16.7 Å². The summed E-state index contributed by atoms with van der Waals surface area (Å²) in [4.78, 5) is 25.8. The van der Waals surface area contributed by atoms with Crippen molar-refractivity contribution in [1.29, 1.82) is 0 Å². The van der Waals surface area contributed by atoms with Gasteiger partial charge in [-0.1, -0.05) is 0 Å². The van der Waals surface area contributed by atoms with E-state index in [4.69, 9.17) is 4.74 Å². The lowest BCUT2D eigenvalue weighted by Crippen LogP contribution is -2.51. The van der Waals surface area contributed by atoms with Crippen molar-refractivity contribution in [3.8, 4) is 0 Å². The summed E-state index contributed by atoms with van der Waals surface area (Å²) >= 11 is 1.73. The molecule has 0 aromatic carbocycles. The first-order chi connectivity index (χ1) is 9.10. The molecule has 3 rings (SSSR count). The second-order valence-corrected chi connectivity index (χ2v) is 7.15. The molecular weight excluding hydrogens is 264 g/mol. The maximum absolute atomic E-state index is 12.3. The van der Waals surface area contributed by atoms with Gasteiger partial charge in [0.2, 0.25) is 11.8 Å². The fraction of sp³-hybridized carbons (Fsp3) is 0.846. The van der Waals surface area contributed by atoms with Crippen LogP contribution in [0.1, 0.15) is 32.6 Å². The zero-order valence-corrected chi connectivity index (χ0v) is 12.0. The summed E-state index contributed by atoms with van der Waals surface area (Å²) in [5, 5.41) is 2.95. The van der Waals surface area contributed by atoms with E-state index in [-0.39, 0.29) is 28.8 Å². The molecule has 0 spiro atoms. The van der Waals surface area contributed by atoms with Crippen molar-refractivity contribution < 1.29 is 14.3 Å². The monoisotopic (exact) mass is 284 g/mol. The van der Waals surface area contributed by atoms with Gasteiger partial charge in [-0.3, -0.25) is 9.59 Å². The molecule has 3 heterocycles. The van der Waals surface area contributed by atoms with Crippen LogP contribution in [0, 0.1) is 0 Å². The fourth-order valence-electron chi connectivity index (χ4n) is 3.15. The molecule has 3 fully saturated rings. The van der Waals surface area contributed by atoms with Crippen LogP contribution in [0.5, 0.6) is 0 Å². The van der Waals surface area contributed by atoms with Crippen LogP contribution < -0.4 is 5.32 Å². The molecule has 6 heteroatoms. The first kappa shape index (κ1) is 13.2. The van der Waals surface area contributed by atoms with Gasteiger partial charge in [0.25, 0.3) is 0 Å². The van der Waals surface area contributed by atoms with Crippen LogP contribution in [-0.4, -0.2) is 52.6 Å². The van der Waals surface area contributed by atoms with Crippen molar-refractivity contribution in [2.45, 2.75) is 49.6 Å². The maximum Gasteiger partial charge on any atom is 0.243 e. The molecule has 19 heavy (non-hydrogen) atoms. The highest BCUT2D eigenvalue weighted by atomic mass is 32.2. The first-order valence-corrected chi connectivity index (χ1v) is 7.94. The highest BCUT2D eigenvalue weighted by molar-refractivity contribution is 8.01. The van der Waals surface area contributed by atoms with E-state index in [9.17, 15) is 9.59 Å². The largest absolute Gasteiger partial charge is 0.376 e. The Kier molecular flexibility index (Phi) is 3.47. The highest BCUT2D eigenvalue weighted by Crippen LogP contribution is 2.47. The fourth-order valence-corrected chi connectivity index (χ4v) is 4.58. The van der Waals surface area contributed by atoms with Crippen LogP contribution in [-0.2, 0) is 14.3 Å². The number of carbonyl (C=O) groups excluding carboxylic acids is 2. The molecule has 0 radical (unpaired) electrons. The van der Waals surface area contributed by atoms with Gasteiger partial charge >= 0.3 is 0 Å². The number of amides is 2. The first-order valence-electron chi connectivity index (χ1n) is 6.95. The molecule has 0 unspecified atom stereocenters. The SMILES string of the molecule is C[C@@]12CCC(=O)N1[C@H](C(=O)NC[C@@H]1CCCO1)CS2. The van der Waals surface area contributed by atoms with Crippen LogP contribution in [0.2, 0.25) is 0 Å². The maximum atomic E-state index is 12.3. The smallest absolute Gasteiger partial charge is 0.243 e. The predicted molar refractivity (Wildman–Crippen MR) is 72.7 cm³/mol. The van der Waals surface area contributed by atoms with E-state index in [2.05, 4.69) is 12.2 Å². The van der Waals surface area contributed by atoms with Gasteiger partial charge in [0, 0.05) is 25.3 Å². The zero-order chi connectivity index (χ0) is 13.5. The van der Waals surface area contributed by atoms with Crippen molar-refractivity contribution in [3.63, 3.8) is 0 Å². The third kappa shape index (κ3) is 2.36. The molecule has 0 bridgehead atoms. The van der Waals surface area contributed by atoms with E-state index in [0.717, 1.165) is 25.9 Å². The Hall–Kier alpha value is -0.750. The Bertz CT molecular complexity index is 397. The number of rotatable bonds is 3. The number of hydrogen-bond donors (Lipinski definition) is 1. The average Bonchev–Trinajstić information content (AvgIpc) is 3.06. The van der Waals surface area contributed by atoms with Gasteiger partial charge in [-0.15, -0.1) is 11.8 Å². The van der Waals surface area contributed by atoms with Gasteiger partial charge in [0.15, 0.2) is 0 Å². The quantitative estimate of drug-likeness (QED) is 0.830. The molecule has 0 saturated carbocycles. The van der Waals surface area contributed by atoms with Crippen molar-refractivity contribution in [2.24, 2.45) is 0 Å². The normalized spacial score (nSPS) is 37.7. The molecule has 0 aromatic rings. The van der Waals surface area contributed by atoms with Crippen LogP contribution in [0.25, 0.3) is 0 Å². The van der Waals surface area contributed by atoms with Crippen LogP contribution >= 0.6 is 11.8 Å². The third-order valence-electron chi connectivity index (χ3n) is 4.28. The summed E-state index contributed by atoms with van der Waals surface area (Å²) in [6.45, 7) is 3.43. The van der Waals surface area contributed by atoms with Gasteiger partial charge in [0.1, 0.15) is 6.04 Å². The number of nitrogens with one attached hydrogen (secondary N) is 1. The number of nitrogens with zero attached hydrogens (tertiary/aromatic N) is 1. The summed E-state index contributed by atoms with van der Waals surface area (Å²) in [6, 6.07) is -0.300. The molecule has 3 aliphatic rings. The van der Waals surface area contributed by atoms with Crippen molar-refractivity contribution in [3.05, 3.63) is 0 Å². The summed E-state index contributed by atoms with van der Waals surface area (Å²) < 4.78 is 5.49. The molecule has 1 N–H and O–H groups in total. The molecule has 0 aromatic heterocycles.